The first-order valence-corrected chi connectivity index (χ1v) is 8.24. The van der Waals surface area contributed by atoms with Gasteiger partial charge in [0.2, 0.25) is 0 Å². The maximum absolute atomic E-state index is 9.38. The quantitative estimate of drug-likeness (QED) is 0.723. The van der Waals surface area contributed by atoms with Gasteiger partial charge >= 0.3 is 0 Å². The molecule has 0 saturated carbocycles. The minimum Gasteiger partial charge on any atom is -0.394 e. The molecule has 0 amide bonds. The Morgan fingerprint density at radius 1 is 1.29 bits per heavy atom. The third-order valence-electron chi connectivity index (χ3n) is 4.95. The molecule has 1 saturated heterocycles. The van der Waals surface area contributed by atoms with Gasteiger partial charge in [-0.05, 0) is 57.8 Å². The molecule has 2 rings (SSSR count). The number of unbranched alkanes of at least 4 members (excludes halogenated alkanes) is 1. The number of rotatable bonds is 8. The van der Waals surface area contributed by atoms with Crippen molar-refractivity contribution in [1.29, 1.82) is 0 Å². The van der Waals surface area contributed by atoms with Gasteiger partial charge in [-0.1, -0.05) is 36.8 Å². The molecule has 0 bridgehead atoms. The largest absolute Gasteiger partial charge is 0.394 e. The Kier molecular flexibility index (Phi) is 6.22. The summed E-state index contributed by atoms with van der Waals surface area (Å²) in [4.78, 5) is 2.59. The first kappa shape index (κ1) is 16.5. The molecule has 0 spiro atoms. The second-order valence-corrected chi connectivity index (χ2v) is 6.62. The molecule has 1 aromatic carbocycles. The first-order valence-electron chi connectivity index (χ1n) is 8.24. The number of hydrogen-bond donors (Lipinski definition) is 2. The fourth-order valence-corrected chi connectivity index (χ4v) is 3.17. The Bertz CT molecular complexity index is 403. The summed E-state index contributed by atoms with van der Waals surface area (Å²) in [6.45, 7) is 5.92. The van der Waals surface area contributed by atoms with Crippen molar-refractivity contribution < 1.29 is 5.11 Å². The van der Waals surface area contributed by atoms with E-state index in [0.29, 0.717) is 5.92 Å². The fraction of sp³-hybridized carbons (Fsp3) is 0.667. The number of hydrogen-bond acceptors (Lipinski definition) is 3. The number of likely N-dealkylation sites (tertiary alicyclic amines) is 1. The molecule has 21 heavy (non-hydrogen) atoms. The molecule has 3 heteroatoms. The van der Waals surface area contributed by atoms with Crippen molar-refractivity contribution >= 4 is 0 Å². The lowest BCUT2D eigenvalue weighted by atomic mass is 9.96. The SMILES string of the molecule is CNC(C)(CO)CCCCN1CCC(c2ccccc2)C1. The van der Waals surface area contributed by atoms with Crippen molar-refractivity contribution in [3.05, 3.63) is 35.9 Å². The number of nitrogens with zero attached hydrogens (tertiary/aromatic N) is 1. The Balaban J connectivity index is 1.67. The highest BCUT2D eigenvalue weighted by atomic mass is 16.3. The zero-order valence-electron chi connectivity index (χ0n) is 13.5. The fourth-order valence-electron chi connectivity index (χ4n) is 3.17. The highest BCUT2D eigenvalue weighted by Gasteiger charge is 2.24. The molecule has 1 fully saturated rings. The molecule has 2 N–H and O–H groups in total. The number of aliphatic hydroxyl groups excluding tert-OH is 1. The van der Waals surface area contributed by atoms with Crippen molar-refractivity contribution in [2.75, 3.05) is 33.3 Å². The van der Waals surface area contributed by atoms with Crippen molar-refractivity contribution in [2.45, 2.75) is 44.1 Å². The van der Waals surface area contributed by atoms with Crippen LogP contribution in [0.1, 0.15) is 44.1 Å². The minimum absolute atomic E-state index is 0.114. The van der Waals surface area contributed by atoms with E-state index in [2.05, 4.69) is 47.5 Å². The minimum atomic E-state index is -0.114. The van der Waals surface area contributed by atoms with Crippen molar-refractivity contribution in [3.63, 3.8) is 0 Å². The number of aliphatic hydroxyl groups is 1. The topological polar surface area (TPSA) is 35.5 Å². The van der Waals surface area contributed by atoms with Gasteiger partial charge in [-0.25, -0.2) is 0 Å². The van der Waals surface area contributed by atoms with Crippen LogP contribution in [0.5, 0.6) is 0 Å². The van der Waals surface area contributed by atoms with Gasteiger partial charge < -0.3 is 15.3 Å². The van der Waals surface area contributed by atoms with Gasteiger partial charge in [0.15, 0.2) is 0 Å². The van der Waals surface area contributed by atoms with Gasteiger partial charge in [0.1, 0.15) is 0 Å². The third-order valence-corrected chi connectivity index (χ3v) is 4.95. The molecular formula is C18H30N2O. The normalized spacial score (nSPS) is 22.3. The highest BCUT2D eigenvalue weighted by molar-refractivity contribution is 5.20. The second kappa shape index (κ2) is 7.92. The molecule has 0 aromatic heterocycles. The van der Waals surface area contributed by atoms with Crippen LogP contribution in [0.25, 0.3) is 0 Å². The Labute approximate surface area is 129 Å². The number of benzene rings is 1. The molecule has 0 radical (unpaired) electrons. The van der Waals surface area contributed by atoms with Crippen LogP contribution in [0.3, 0.4) is 0 Å². The summed E-state index contributed by atoms with van der Waals surface area (Å²) >= 11 is 0. The molecule has 1 heterocycles. The smallest absolute Gasteiger partial charge is 0.0610 e. The zero-order chi connectivity index (χ0) is 15.1. The van der Waals surface area contributed by atoms with Crippen molar-refractivity contribution in [2.24, 2.45) is 0 Å². The van der Waals surface area contributed by atoms with E-state index in [4.69, 9.17) is 0 Å². The van der Waals surface area contributed by atoms with Crippen LogP contribution in [0, 0.1) is 0 Å². The van der Waals surface area contributed by atoms with Crippen molar-refractivity contribution in [3.8, 4) is 0 Å². The summed E-state index contributed by atoms with van der Waals surface area (Å²) in [5, 5.41) is 12.6. The molecule has 2 atom stereocenters. The van der Waals surface area contributed by atoms with Crippen LogP contribution in [-0.2, 0) is 0 Å². The molecule has 1 aliphatic rings. The van der Waals surface area contributed by atoms with Crippen LogP contribution in [0.2, 0.25) is 0 Å². The summed E-state index contributed by atoms with van der Waals surface area (Å²) in [7, 11) is 1.93. The second-order valence-electron chi connectivity index (χ2n) is 6.62. The molecule has 1 aromatic rings. The lowest BCUT2D eigenvalue weighted by Gasteiger charge is -2.27. The predicted octanol–water partition coefficient (Wildman–Crippen LogP) is 2.62. The Morgan fingerprint density at radius 2 is 2.05 bits per heavy atom. The molecule has 2 unspecified atom stereocenters. The first-order chi connectivity index (χ1) is 10.2. The van der Waals surface area contributed by atoms with E-state index in [1.807, 2.05) is 7.05 Å². The maximum atomic E-state index is 9.38. The van der Waals surface area contributed by atoms with Crippen LogP contribution >= 0.6 is 0 Å². The van der Waals surface area contributed by atoms with Gasteiger partial charge in [0.25, 0.3) is 0 Å². The van der Waals surface area contributed by atoms with Gasteiger partial charge in [-0.15, -0.1) is 0 Å². The summed E-state index contributed by atoms with van der Waals surface area (Å²) in [6.07, 6.45) is 4.72. The van der Waals surface area contributed by atoms with E-state index in [9.17, 15) is 5.11 Å². The van der Waals surface area contributed by atoms with Gasteiger partial charge in [0, 0.05) is 12.1 Å². The molecule has 0 aliphatic carbocycles. The van der Waals surface area contributed by atoms with Crippen LogP contribution in [0.4, 0.5) is 0 Å². The van der Waals surface area contributed by atoms with Crippen molar-refractivity contribution in [1.82, 2.24) is 10.2 Å². The molecule has 3 nitrogen and oxygen atoms in total. The predicted molar refractivity (Wildman–Crippen MR) is 88.6 cm³/mol. The third kappa shape index (κ3) is 4.80. The summed E-state index contributed by atoms with van der Waals surface area (Å²) < 4.78 is 0. The Hall–Kier alpha value is -0.900. The lowest BCUT2D eigenvalue weighted by molar-refractivity contribution is 0.169. The maximum Gasteiger partial charge on any atom is 0.0610 e. The van der Waals surface area contributed by atoms with Gasteiger partial charge in [-0.2, -0.15) is 0 Å². The summed E-state index contributed by atoms with van der Waals surface area (Å²) in [5.74, 6) is 0.714. The number of likely N-dealkylation sites (N-methyl/N-ethyl adjacent to an activating group) is 1. The van der Waals surface area contributed by atoms with Gasteiger partial charge in [0.05, 0.1) is 6.61 Å². The number of nitrogens with one attached hydrogen (secondary N) is 1. The van der Waals surface area contributed by atoms with E-state index >= 15 is 0 Å². The van der Waals surface area contributed by atoms with E-state index in [1.165, 1.54) is 44.5 Å². The average molecular weight is 290 g/mol. The monoisotopic (exact) mass is 290 g/mol. The molecule has 118 valence electrons. The molecule has 1 aliphatic heterocycles. The van der Waals surface area contributed by atoms with Crippen LogP contribution in [0.15, 0.2) is 30.3 Å². The van der Waals surface area contributed by atoms with E-state index in [1.54, 1.807) is 0 Å². The lowest BCUT2D eigenvalue weighted by Crippen LogP contribution is -2.43. The van der Waals surface area contributed by atoms with E-state index < -0.39 is 0 Å². The van der Waals surface area contributed by atoms with Crippen LogP contribution < -0.4 is 5.32 Å². The average Bonchev–Trinajstić information content (AvgIpc) is 3.01. The Morgan fingerprint density at radius 3 is 2.71 bits per heavy atom. The summed E-state index contributed by atoms with van der Waals surface area (Å²) in [5.41, 5.74) is 1.38. The summed E-state index contributed by atoms with van der Waals surface area (Å²) in [6, 6.07) is 10.9. The molecular weight excluding hydrogens is 260 g/mol. The zero-order valence-corrected chi connectivity index (χ0v) is 13.5. The van der Waals surface area contributed by atoms with E-state index in [0.717, 1.165) is 6.42 Å². The van der Waals surface area contributed by atoms with Gasteiger partial charge in [-0.3, -0.25) is 0 Å². The standard InChI is InChI=1S/C18H30N2O/c1-18(15-21,19-2)11-6-7-12-20-13-10-17(14-20)16-8-4-3-5-9-16/h3-5,8-9,17,19,21H,6-7,10-15H2,1-2H3. The highest BCUT2D eigenvalue weighted by Crippen LogP contribution is 2.27. The van der Waals surface area contributed by atoms with Crippen LogP contribution in [-0.4, -0.2) is 48.8 Å². The van der Waals surface area contributed by atoms with E-state index in [-0.39, 0.29) is 12.1 Å².